The Morgan fingerprint density at radius 2 is 1.91 bits per heavy atom. The van der Waals surface area contributed by atoms with Crippen LogP contribution in [0.2, 0.25) is 0 Å². The lowest BCUT2D eigenvalue weighted by atomic mass is 9.90. The lowest BCUT2D eigenvalue weighted by Crippen LogP contribution is -2.57. The molecule has 2 fully saturated rings. The van der Waals surface area contributed by atoms with E-state index in [0.717, 1.165) is 5.56 Å². The van der Waals surface area contributed by atoms with Crippen molar-refractivity contribution in [3.05, 3.63) is 35.9 Å². The molecule has 2 saturated heterocycles. The third-order valence-corrected chi connectivity index (χ3v) is 5.78. The highest BCUT2D eigenvalue weighted by Crippen LogP contribution is 2.40. The van der Waals surface area contributed by atoms with Crippen molar-refractivity contribution in [2.24, 2.45) is 0 Å². The van der Waals surface area contributed by atoms with Crippen molar-refractivity contribution in [1.82, 2.24) is 15.5 Å². The van der Waals surface area contributed by atoms with Crippen LogP contribution >= 0.6 is 0 Å². The predicted octanol–water partition coefficient (Wildman–Crippen LogP) is 1.55. The minimum absolute atomic E-state index is 0.121. The van der Waals surface area contributed by atoms with Gasteiger partial charge in [-0.05, 0) is 39.2 Å². The summed E-state index contributed by atoms with van der Waals surface area (Å²) in [6, 6.07) is 7.55. The van der Waals surface area contributed by atoms with Gasteiger partial charge >= 0.3 is 12.1 Å². The van der Waals surface area contributed by atoms with Gasteiger partial charge in [-0.25, -0.2) is 9.59 Å². The number of ether oxygens (including phenoxy) is 2. The summed E-state index contributed by atoms with van der Waals surface area (Å²) in [5, 5.41) is 5.40. The summed E-state index contributed by atoms with van der Waals surface area (Å²) in [5.74, 6) is -1.29. The highest BCUT2D eigenvalue weighted by molar-refractivity contribution is 6.00. The Hall–Kier alpha value is -3.10. The van der Waals surface area contributed by atoms with Gasteiger partial charge in [0.2, 0.25) is 11.8 Å². The van der Waals surface area contributed by atoms with Gasteiger partial charge in [0.15, 0.2) is 0 Å². The van der Waals surface area contributed by atoms with E-state index in [1.54, 1.807) is 20.8 Å². The molecule has 1 unspecified atom stereocenters. The summed E-state index contributed by atoms with van der Waals surface area (Å²) in [6.45, 7) is 5.61. The lowest BCUT2D eigenvalue weighted by Gasteiger charge is -2.31. The second kappa shape index (κ2) is 9.18. The van der Waals surface area contributed by atoms with Crippen LogP contribution in [0.4, 0.5) is 4.79 Å². The van der Waals surface area contributed by atoms with E-state index in [4.69, 9.17) is 9.47 Å². The number of esters is 1. The number of nitrogens with one attached hydrogen (secondary N) is 2. The number of amides is 3. The minimum atomic E-state index is -1.11. The third-order valence-electron chi connectivity index (χ3n) is 5.78. The molecule has 0 bridgehead atoms. The second-order valence-electron chi connectivity index (χ2n) is 9.27. The summed E-state index contributed by atoms with van der Waals surface area (Å²) in [7, 11) is 1.27. The van der Waals surface area contributed by atoms with Gasteiger partial charge < -0.3 is 25.0 Å². The molecule has 0 aromatic heterocycles. The molecule has 9 nitrogen and oxygen atoms in total. The van der Waals surface area contributed by atoms with Crippen molar-refractivity contribution < 1.29 is 28.7 Å². The second-order valence-corrected chi connectivity index (χ2v) is 9.27. The zero-order valence-electron chi connectivity index (χ0n) is 19.0. The minimum Gasteiger partial charge on any atom is -0.467 e. The smallest absolute Gasteiger partial charge is 0.408 e. The van der Waals surface area contributed by atoms with Gasteiger partial charge in [-0.1, -0.05) is 30.3 Å². The number of carbonyl (C=O) groups excluding carboxylic acids is 4. The fraction of sp³-hybridized carbons (Fsp3) is 0.565. The van der Waals surface area contributed by atoms with Crippen LogP contribution in [0, 0.1) is 0 Å². The number of fused-ring (bicyclic) bond motifs is 1. The SMILES string of the molecule is COC(=O)C(Cc1ccccc1)NC(=O)[C@@]12CCCN1C(=O)[C@@H](NC(=O)OC(C)(C)C)C2. The summed E-state index contributed by atoms with van der Waals surface area (Å²) >= 11 is 0. The summed E-state index contributed by atoms with van der Waals surface area (Å²) in [5.41, 5.74) is -0.946. The van der Waals surface area contributed by atoms with Crippen LogP contribution in [-0.4, -0.2) is 65.7 Å². The van der Waals surface area contributed by atoms with Gasteiger partial charge in [-0.3, -0.25) is 9.59 Å². The molecule has 0 spiro atoms. The summed E-state index contributed by atoms with van der Waals surface area (Å²) in [6.07, 6.45) is 0.805. The molecule has 9 heteroatoms. The van der Waals surface area contributed by atoms with Crippen LogP contribution in [0.1, 0.15) is 45.6 Å². The highest BCUT2D eigenvalue weighted by Gasteiger charge is 2.58. The first-order chi connectivity index (χ1) is 15.1. The van der Waals surface area contributed by atoms with Crippen LogP contribution in [-0.2, 0) is 30.3 Å². The predicted molar refractivity (Wildman–Crippen MR) is 116 cm³/mol. The van der Waals surface area contributed by atoms with E-state index in [0.29, 0.717) is 19.4 Å². The van der Waals surface area contributed by atoms with E-state index in [1.165, 1.54) is 12.0 Å². The Balaban J connectivity index is 1.75. The Labute approximate surface area is 187 Å². The number of rotatable bonds is 6. The molecule has 174 valence electrons. The number of hydrogen-bond donors (Lipinski definition) is 2. The average molecular weight is 446 g/mol. The maximum absolute atomic E-state index is 13.4. The van der Waals surface area contributed by atoms with E-state index in [2.05, 4.69) is 10.6 Å². The monoisotopic (exact) mass is 445 g/mol. The van der Waals surface area contributed by atoms with Crippen LogP contribution < -0.4 is 10.6 Å². The van der Waals surface area contributed by atoms with Crippen LogP contribution in [0.3, 0.4) is 0 Å². The Morgan fingerprint density at radius 1 is 1.22 bits per heavy atom. The Morgan fingerprint density at radius 3 is 2.53 bits per heavy atom. The maximum atomic E-state index is 13.4. The molecular formula is C23H31N3O6. The van der Waals surface area contributed by atoms with Gasteiger partial charge in [0.25, 0.3) is 0 Å². The molecule has 32 heavy (non-hydrogen) atoms. The number of nitrogens with zero attached hydrogens (tertiary/aromatic N) is 1. The standard InChI is InChI=1S/C23H31N3O6/c1-22(2,3)32-21(30)25-17-14-23(11-8-12-26(23)18(17)27)20(29)24-16(19(28)31-4)13-15-9-6-5-7-10-15/h5-7,9-10,16-17H,8,11-14H2,1-4H3,(H,24,29)(H,25,30)/t16?,17-,23-/m0/s1. The molecule has 0 saturated carbocycles. The Bertz CT molecular complexity index is 881. The molecule has 2 aliphatic heterocycles. The van der Waals surface area contributed by atoms with E-state index in [9.17, 15) is 19.2 Å². The van der Waals surface area contributed by atoms with Gasteiger partial charge in [0.1, 0.15) is 23.2 Å². The molecule has 0 radical (unpaired) electrons. The molecule has 2 heterocycles. The molecule has 1 aromatic carbocycles. The zero-order valence-corrected chi connectivity index (χ0v) is 19.0. The molecule has 3 amide bonds. The van der Waals surface area contributed by atoms with Crippen molar-refractivity contribution in [3.8, 4) is 0 Å². The quantitative estimate of drug-likeness (QED) is 0.642. The first kappa shape index (κ1) is 23.6. The van der Waals surface area contributed by atoms with Crippen molar-refractivity contribution in [1.29, 1.82) is 0 Å². The van der Waals surface area contributed by atoms with Gasteiger partial charge in [-0.2, -0.15) is 0 Å². The molecule has 0 aliphatic carbocycles. The topological polar surface area (TPSA) is 114 Å². The average Bonchev–Trinajstić information content (AvgIpc) is 3.25. The van der Waals surface area contributed by atoms with E-state index in [1.807, 2.05) is 30.3 Å². The molecule has 2 aliphatic rings. The van der Waals surface area contributed by atoms with Crippen molar-refractivity contribution >= 4 is 23.9 Å². The molecule has 1 aromatic rings. The first-order valence-corrected chi connectivity index (χ1v) is 10.8. The third kappa shape index (κ3) is 5.03. The largest absolute Gasteiger partial charge is 0.467 e. The molecule has 2 N–H and O–H groups in total. The van der Waals surface area contributed by atoms with Crippen LogP contribution in [0.25, 0.3) is 0 Å². The van der Waals surface area contributed by atoms with E-state index in [-0.39, 0.29) is 18.7 Å². The van der Waals surface area contributed by atoms with Gasteiger partial charge in [0, 0.05) is 19.4 Å². The van der Waals surface area contributed by atoms with E-state index >= 15 is 0 Å². The fourth-order valence-corrected chi connectivity index (χ4v) is 4.39. The van der Waals surface area contributed by atoms with Gasteiger partial charge in [0.05, 0.1) is 7.11 Å². The lowest BCUT2D eigenvalue weighted by molar-refractivity contribution is -0.147. The van der Waals surface area contributed by atoms with Crippen molar-refractivity contribution in [2.45, 2.75) is 69.7 Å². The fourth-order valence-electron chi connectivity index (χ4n) is 4.39. The first-order valence-electron chi connectivity index (χ1n) is 10.8. The van der Waals surface area contributed by atoms with E-state index < -0.39 is 41.2 Å². The Kier molecular flexibility index (Phi) is 6.76. The van der Waals surface area contributed by atoms with Crippen molar-refractivity contribution in [2.75, 3.05) is 13.7 Å². The van der Waals surface area contributed by atoms with Gasteiger partial charge in [-0.15, -0.1) is 0 Å². The molecule has 3 rings (SSSR count). The van der Waals surface area contributed by atoms with Crippen LogP contribution in [0.5, 0.6) is 0 Å². The highest BCUT2D eigenvalue weighted by atomic mass is 16.6. The molecule has 3 atom stereocenters. The van der Waals surface area contributed by atoms with Crippen molar-refractivity contribution in [3.63, 3.8) is 0 Å². The number of methoxy groups -OCH3 is 1. The number of benzene rings is 1. The summed E-state index contributed by atoms with van der Waals surface area (Å²) < 4.78 is 10.1. The normalized spacial score (nSPS) is 23.3. The van der Waals surface area contributed by atoms with Crippen LogP contribution in [0.15, 0.2) is 30.3 Å². The number of carbonyl (C=O) groups is 4. The number of alkyl carbamates (subject to hydrolysis) is 1. The molecular weight excluding hydrogens is 414 g/mol. The number of hydrogen-bond acceptors (Lipinski definition) is 6. The summed E-state index contributed by atoms with van der Waals surface area (Å²) in [4.78, 5) is 52.5. The zero-order chi connectivity index (χ0) is 23.5. The maximum Gasteiger partial charge on any atom is 0.408 e.